The Labute approximate surface area is 169 Å². The van der Waals surface area contributed by atoms with E-state index < -0.39 is 72.0 Å². The molecular weight excluding hydrogens is 502 g/mol. The molecule has 1 fully saturated rings. The molecule has 0 aliphatic carbocycles. The van der Waals surface area contributed by atoms with Crippen molar-refractivity contribution in [2.75, 3.05) is 13.3 Å². The van der Waals surface area contributed by atoms with E-state index in [2.05, 4.69) is 18.2 Å². The molecule has 7 N–H and O–H groups in total. The summed E-state index contributed by atoms with van der Waals surface area (Å²) in [5.74, 6) is 0. The van der Waals surface area contributed by atoms with Gasteiger partial charge in [0.1, 0.15) is 25.1 Å². The van der Waals surface area contributed by atoms with Gasteiger partial charge in [-0.25, -0.2) is 22.9 Å². The number of phosphoric acid groups is 3. The Morgan fingerprint density at radius 1 is 1.19 bits per heavy atom. The second-order valence-electron chi connectivity index (χ2n) is 5.87. The number of aromatic nitrogens is 3. The zero-order valence-corrected chi connectivity index (χ0v) is 17.4. The number of nitrogens with zero attached hydrogens (tertiary/aromatic N) is 2. The monoisotopic (exact) mass is 517 g/mol. The number of phosphoric ester groups is 1. The topological polar surface area (TPSA) is 277 Å². The minimum absolute atomic E-state index is 0.259. The van der Waals surface area contributed by atoms with E-state index in [1.807, 2.05) is 0 Å². The normalized spacial score (nSPS) is 30.6. The van der Waals surface area contributed by atoms with Crippen molar-refractivity contribution in [3.05, 3.63) is 27.0 Å². The second-order valence-corrected chi connectivity index (χ2v) is 10.3. The maximum Gasteiger partial charge on any atom is 0.490 e. The molecule has 1 aromatic heterocycles. The van der Waals surface area contributed by atoms with Crippen LogP contribution in [0.1, 0.15) is 6.23 Å². The summed E-state index contributed by atoms with van der Waals surface area (Å²) < 4.78 is 63.5. The van der Waals surface area contributed by atoms with Gasteiger partial charge in [-0.05, 0) is 0 Å². The molecule has 2 heterocycles. The van der Waals surface area contributed by atoms with Crippen LogP contribution in [0, 0.1) is 0 Å². The van der Waals surface area contributed by atoms with Crippen LogP contribution in [0.15, 0.2) is 15.8 Å². The summed E-state index contributed by atoms with van der Waals surface area (Å²) in [5.41, 5.74) is -5.09. The van der Waals surface area contributed by atoms with Crippen molar-refractivity contribution < 1.29 is 65.8 Å². The summed E-state index contributed by atoms with van der Waals surface area (Å²) >= 11 is 0. The number of H-pyrrole nitrogens is 1. The van der Waals surface area contributed by atoms with Crippen LogP contribution >= 0.6 is 23.5 Å². The first kappa shape index (κ1) is 26.1. The molecule has 2 rings (SSSR count). The highest BCUT2D eigenvalue weighted by Crippen LogP contribution is 2.66. The number of alkyl halides is 1. The maximum absolute atomic E-state index is 13.5. The molecule has 1 aromatic rings. The summed E-state index contributed by atoms with van der Waals surface area (Å²) in [7, 11) is -17.1. The summed E-state index contributed by atoms with van der Waals surface area (Å²) in [6, 6.07) is 0. The van der Waals surface area contributed by atoms with Crippen molar-refractivity contribution >= 4 is 23.5 Å². The molecule has 6 atom stereocenters. The molecule has 18 nitrogen and oxygen atoms in total. The van der Waals surface area contributed by atoms with Gasteiger partial charge >= 0.3 is 29.2 Å². The van der Waals surface area contributed by atoms with Crippen molar-refractivity contribution in [1.29, 1.82) is 0 Å². The van der Waals surface area contributed by atoms with Gasteiger partial charge in [-0.3, -0.25) is 14.3 Å². The molecule has 0 amide bonds. The van der Waals surface area contributed by atoms with Crippen LogP contribution in [0.3, 0.4) is 0 Å². The average molecular weight is 517 g/mol. The Kier molecular flexibility index (Phi) is 7.57. The third-order valence-corrected chi connectivity index (χ3v) is 7.39. The number of ether oxygens (including phenoxy) is 1. The van der Waals surface area contributed by atoms with Crippen molar-refractivity contribution in [3.8, 4) is 0 Å². The summed E-state index contributed by atoms with van der Waals surface area (Å²) in [4.78, 5) is 60.0. The third kappa shape index (κ3) is 6.43. The molecule has 0 bridgehead atoms. The highest BCUT2D eigenvalue weighted by molar-refractivity contribution is 7.66. The van der Waals surface area contributed by atoms with Crippen LogP contribution in [-0.2, 0) is 31.6 Å². The minimum Gasteiger partial charge on any atom is -0.387 e. The number of aliphatic hydroxyl groups is 2. The molecule has 1 aliphatic rings. The smallest absolute Gasteiger partial charge is 0.387 e. The van der Waals surface area contributed by atoms with Crippen molar-refractivity contribution in [2.45, 2.75) is 24.0 Å². The van der Waals surface area contributed by atoms with Gasteiger partial charge in [-0.2, -0.15) is 18.4 Å². The number of halogens is 1. The molecule has 3 unspecified atom stereocenters. The molecule has 0 spiro atoms. The van der Waals surface area contributed by atoms with E-state index in [9.17, 15) is 42.8 Å². The van der Waals surface area contributed by atoms with Crippen LogP contribution in [0.2, 0.25) is 0 Å². The first-order valence-corrected chi connectivity index (χ1v) is 12.1. The lowest BCUT2D eigenvalue weighted by atomic mass is 9.96. The third-order valence-electron chi connectivity index (χ3n) is 3.59. The number of aromatic amines is 1. The SMILES string of the molecule is O=c1cnn([C@@H]2O[C@H](COP(=O)(O)OP(=O)(O)OP(=O)(O)O)C(O)[C@]2(O)CF)c(=O)[nH]1. The lowest BCUT2D eigenvalue weighted by molar-refractivity contribution is -0.126. The molecule has 1 saturated heterocycles. The highest BCUT2D eigenvalue weighted by atomic mass is 31.3. The Morgan fingerprint density at radius 3 is 2.32 bits per heavy atom. The lowest BCUT2D eigenvalue weighted by Gasteiger charge is -2.27. The molecule has 31 heavy (non-hydrogen) atoms. The van der Waals surface area contributed by atoms with Crippen LogP contribution in [-0.4, -0.2) is 75.6 Å². The quantitative estimate of drug-likeness (QED) is 0.163. The predicted molar refractivity (Wildman–Crippen MR) is 89.8 cm³/mol. The first-order valence-electron chi connectivity index (χ1n) is 7.58. The van der Waals surface area contributed by atoms with Gasteiger partial charge in [0.15, 0.2) is 11.8 Å². The zero-order valence-electron chi connectivity index (χ0n) is 14.7. The number of hydrogen-bond donors (Lipinski definition) is 7. The largest absolute Gasteiger partial charge is 0.490 e. The fourth-order valence-electron chi connectivity index (χ4n) is 2.37. The van der Waals surface area contributed by atoms with E-state index in [1.165, 1.54) is 0 Å². The Balaban J connectivity index is 2.18. The second kappa shape index (κ2) is 8.99. The molecule has 0 aromatic carbocycles. The van der Waals surface area contributed by atoms with E-state index in [0.29, 0.717) is 6.20 Å². The number of aliphatic hydroxyl groups excluding tert-OH is 1. The van der Waals surface area contributed by atoms with Gasteiger partial charge < -0.3 is 34.5 Å². The van der Waals surface area contributed by atoms with Gasteiger partial charge in [0, 0.05) is 0 Å². The molecular formula is C9H15FN3O15P3. The first-order chi connectivity index (χ1) is 14.0. The standard InChI is InChI=1S/C9H15FN3O15P3/c10-3-9(17)6(15)4(26-7(9)13-8(16)12-5(14)1-11-13)2-25-30(21,22)28-31(23,24)27-29(18,19)20/h1,4,6-7,15,17H,2-3H2,(H,21,22)(H,23,24)(H,12,14,16)(H2,18,19,20)/t4-,6?,7-,9-/m1/s1. The van der Waals surface area contributed by atoms with Crippen LogP contribution < -0.4 is 11.2 Å². The number of hydrogen-bond acceptors (Lipinski definition) is 12. The molecule has 22 heteroatoms. The zero-order chi connectivity index (χ0) is 23.8. The molecule has 0 saturated carbocycles. The van der Waals surface area contributed by atoms with Crippen molar-refractivity contribution in [1.82, 2.24) is 14.8 Å². The Morgan fingerprint density at radius 2 is 1.81 bits per heavy atom. The van der Waals surface area contributed by atoms with E-state index in [1.54, 1.807) is 4.98 Å². The molecule has 0 radical (unpaired) electrons. The minimum atomic E-state index is -5.82. The highest BCUT2D eigenvalue weighted by Gasteiger charge is 2.58. The summed E-state index contributed by atoms with van der Waals surface area (Å²) in [6.45, 7) is -2.99. The average Bonchev–Trinajstić information content (AvgIpc) is 2.82. The van der Waals surface area contributed by atoms with Crippen LogP contribution in [0.25, 0.3) is 0 Å². The Hall–Kier alpha value is -1.17. The van der Waals surface area contributed by atoms with E-state index in [-0.39, 0.29) is 4.68 Å². The lowest BCUT2D eigenvalue weighted by Crippen LogP contribution is -2.51. The number of nitrogens with one attached hydrogen (secondary N) is 1. The Bertz CT molecular complexity index is 1070. The van der Waals surface area contributed by atoms with Gasteiger partial charge in [0.25, 0.3) is 5.56 Å². The summed E-state index contributed by atoms with van der Waals surface area (Å²) in [5, 5.41) is 23.8. The van der Waals surface area contributed by atoms with Crippen LogP contribution in [0.4, 0.5) is 4.39 Å². The van der Waals surface area contributed by atoms with Gasteiger partial charge in [0.2, 0.25) is 0 Å². The fourth-order valence-corrected chi connectivity index (χ4v) is 5.40. The van der Waals surface area contributed by atoms with E-state index in [4.69, 9.17) is 19.4 Å². The number of rotatable bonds is 9. The molecule has 178 valence electrons. The van der Waals surface area contributed by atoms with Crippen molar-refractivity contribution in [2.24, 2.45) is 0 Å². The van der Waals surface area contributed by atoms with Crippen LogP contribution in [0.5, 0.6) is 0 Å². The maximum atomic E-state index is 13.5. The van der Waals surface area contributed by atoms with E-state index in [0.717, 1.165) is 0 Å². The van der Waals surface area contributed by atoms with Gasteiger partial charge in [0.05, 0.1) is 6.61 Å². The van der Waals surface area contributed by atoms with Gasteiger partial charge in [-0.1, -0.05) is 0 Å². The predicted octanol–water partition coefficient (Wildman–Crippen LogP) is -2.77. The fraction of sp³-hybridized carbons (Fsp3) is 0.667. The molecule has 1 aliphatic heterocycles. The summed E-state index contributed by atoms with van der Waals surface area (Å²) in [6.07, 6.45) is -5.62. The van der Waals surface area contributed by atoms with E-state index >= 15 is 0 Å². The van der Waals surface area contributed by atoms with Crippen molar-refractivity contribution in [3.63, 3.8) is 0 Å². The van der Waals surface area contributed by atoms with Gasteiger partial charge in [-0.15, -0.1) is 0 Å².